The first-order valence-corrected chi connectivity index (χ1v) is 6.57. The summed E-state index contributed by atoms with van der Waals surface area (Å²) in [6, 6.07) is 15.0. The van der Waals surface area contributed by atoms with Crippen LogP contribution in [0.1, 0.15) is 24.5 Å². The quantitative estimate of drug-likeness (QED) is 0.788. The largest absolute Gasteiger partial charge is 0.456 e. The number of nitrogens with zero attached hydrogens (tertiary/aromatic N) is 1. The number of halogens is 1. The molecule has 0 aromatic heterocycles. The second kappa shape index (κ2) is 6.26. The summed E-state index contributed by atoms with van der Waals surface area (Å²) in [5, 5.41) is 9.58. The molecule has 0 bridgehead atoms. The molecule has 2 aromatic rings. The SMILES string of the molecule is CCCc1ccc(Oc2ccc(Cl)cc2C#N)cc1. The molecule has 2 rings (SSSR count). The third-order valence-corrected chi connectivity index (χ3v) is 2.99. The van der Waals surface area contributed by atoms with Crippen LogP contribution in [-0.2, 0) is 6.42 Å². The lowest BCUT2D eigenvalue weighted by Gasteiger charge is -2.08. The van der Waals surface area contributed by atoms with E-state index >= 15 is 0 Å². The molecule has 0 saturated heterocycles. The molecule has 0 fully saturated rings. The van der Waals surface area contributed by atoms with E-state index in [0.717, 1.165) is 18.6 Å². The number of aryl methyl sites for hydroxylation is 1. The van der Waals surface area contributed by atoms with Crippen LogP contribution >= 0.6 is 11.6 Å². The molecule has 0 aliphatic heterocycles. The third kappa shape index (κ3) is 3.49. The number of ether oxygens (including phenoxy) is 1. The maximum atomic E-state index is 9.05. The standard InChI is InChI=1S/C16H14ClNO/c1-2-3-12-4-7-15(8-5-12)19-16-9-6-14(17)10-13(16)11-18/h4-10H,2-3H2,1H3. The van der Waals surface area contributed by atoms with Gasteiger partial charge in [-0.3, -0.25) is 0 Å². The molecule has 0 saturated carbocycles. The predicted molar refractivity (Wildman–Crippen MR) is 76.7 cm³/mol. The van der Waals surface area contributed by atoms with E-state index in [-0.39, 0.29) is 0 Å². The van der Waals surface area contributed by atoms with Crippen LogP contribution in [0.4, 0.5) is 0 Å². The fraction of sp³-hybridized carbons (Fsp3) is 0.188. The Morgan fingerprint density at radius 3 is 2.53 bits per heavy atom. The number of rotatable bonds is 4. The lowest BCUT2D eigenvalue weighted by atomic mass is 10.1. The zero-order valence-electron chi connectivity index (χ0n) is 10.7. The summed E-state index contributed by atoms with van der Waals surface area (Å²) < 4.78 is 5.71. The number of nitriles is 1. The Labute approximate surface area is 118 Å². The Bertz CT molecular complexity index is 599. The zero-order chi connectivity index (χ0) is 13.7. The molecule has 0 amide bonds. The molecule has 0 spiro atoms. The molecule has 0 atom stereocenters. The van der Waals surface area contributed by atoms with E-state index in [1.165, 1.54) is 5.56 Å². The maximum absolute atomic E-state index is 9.05. The lowest BCUT2D eigenvalue weighted by Crippen LogP contribution is -1.89. The van der Waals surface area contributed by atoms with E-state index in [4.69, 9.17) is 21.6 Å². The summed E-state index contributed by atoms with van der Waals surface area (Å²) in [6.45, 7) is 2.15. The number of benzene rings is 2. The van der Waals surface area contributed by atoms with Crippen molar-refractivity contribution in [2.45, 2.75) is 19.8 Å². The average Bonchev–Trinajstić information content (AvgIpc) is 2.43. The highest BCUT2D eigenvalue weighted by Crippen LogP contribution is 2.27. The lowest BCUT2D eigenvalue weighted by molar-refractivity contribution is 0.481. The summed E-state index contributed by atoms with van der Waals surface area (Å²) in [6.07, 6.45) is 2.18. The highest BCUT2D eigenvalue weighted by molar-refractivity contribution is 6.30. The highest BCUT2D eigenvalue weighted by Gasteiger charge is 2.05. The molecule has 0 N–H and O–H groups in total. The van der Waals surface area contributed by atoms with Gasteiger partial charge in [-0.1, -0.05) is 37.1 Å². The molecule has 0 radical (unpaired) electrons. The van der Waals surface area contributed by atoms with E-state index < -0.39 is 0 Å². The van der Waals surface area contributed by atoms with Crippen LogP contribution in [0.25, 0.3) is 0 Å². The van der Waals surface area contributed by atoms with Gasteiger partial charge in [0.1, 0.15) is 17.6 Å². The minimum Gasteiger partial charge on any atom is -0.456 e. The maximum Gasteiger partial charge on any atom is 0.145 e. The zero-order valence-corrected chi connectivity index (χ0v) is 11.4. The van der Waals surface area contributed by atoms with Crippen molar-refractivity contribution in [1.82, 2.24) is 0 Å². The van der Waals surface area contributed by atoms with Crippen molar-refractivity contribution in [2.24, 2.45) is 0 Å². The molecule has 2 aromatic carbocycles. The first kappa shape index (κ1) is 13.5. The Hall–Kier alpha value is -1.98. The summed E-state index contributed by atoms with van der Waals surface area (Å²) in [5.41, 5.74) is 1.72. The van der Waals surface area contributed by atoms with Crippen LogP contribution < -0.4 is 4.74 Å². The Morgan fingerprint density at radius 2 is 1.89 bits per heavy atom. The van der Waals surface area contributed by atoms with Gasteiger partial charge in [0, 0.05) is 5.02 Å². The fourth-order valence-electron chi connectivity index (χ4n) is 1.82. The van der Waals surface area contributed by atoms with Gasteiger partial charge in [-0.05, 0) is 42.3 Å². The summed E-state index contributed by atoms with van der Waals surface area (Å²) in [7, 11) is 0. The van der Waals surface area contributed by atoms with Crippen molar-refractivity contribution in [3.05, 3.63) is 58.6 Å². The van der Waals surface area contributed by atoms with Gasteiger partial charge < -0.3 is 4.74 Å². The van der Waals surface area contributed by atoms with Gasteiger partial charge in [0.2, 0.25) is 0 Å². The first-order chi connectivity index (χ1) is 9.22. The summed E-state index contributed by atoms with van der Waals surface area (Å²) in [5.74, 6) is 1.24. The van der Waals surface area contributed by atoms with Crippen LogP contribution in [0.15, 0.2) is 42.5 Å². The molecule has 2 nitrogen and oxygen atoms in total. The number of hydrogen-bond acceptors (Lipinski definition) is 2. The van der Waals surface area contributed by atoms with Crippen LogP contribution in [-0.4, -0.2) is 0 Å². The van der Waals surface area contributed by atoms with E-state index in [1.807, 2.05) is 24.3 Å². The van der Waals surface area contributed by atoms with Crippen LogP contribution in [0, 0.1) is 11.3 Å². The van der Waals surface area contributed by atoms with Crippen molar-refractivity contribution in [1.29, 1.82) is 5.26 Å². The van der Waals surface area contributed by atoms with Crippen molar-refractivity contribution >= 4 is 11.6 Å². The van der Waals surface area contributed by atoms with Gasteiger partial charge >= 0.3 is 0 Å². The summed E-state index contributed by atoms with van der Waals surface area (Å²) in [4.78, 5) is 0. The molecule has 0 aliphatic carbocycles. The van der Waals surface area contributed by atoms with E-state index in [1.54, 1.807) is 18.2 Å². The Morgan fingerprint density at radius 1 is 1.16 bits per heavy atom. The smallest absolute Gasteiger partial charge is 0.145 e. The van der Waals surface area contributed by atoms with E-state index in [9.17, 15) is 0 Å². The Kier molecular flexibility index (Phi) is 4.43. The van der Waals surface area contributed by atoms with Crippen LogP contribution in [0.5, 0.6) is 11.5 Å². The molecular formula is C16H14ClNO. The van der Waals surface area contributed by atoms with Gasteiger partial charge in [0.15, 0.2) is 0 Å². The topological polar surface area (TPSA) is 33.0 Å². The Balaban J connectivity index is 2.19. The molecular weight excluding hydrogens is 258 g/mol. The fourth-order valence-corrected chi connectivity index (χ4v) is 1.99. The van der Waals surface area contributed by atoms with Gasteiger partial charge in [0.25, 0.3) is 0 Å². The van der Waals surface area contributed by atoms with Crippen molar-refractivity contribution in [3.8, 4) is 17.6 Å². The van der Waals surface area contributed by atoms with Gasteiger partial charge in [-0.25, -0.2) is 0 Å². The van der Waals surface area contributed by atoms with Gasteiger partial charge in [-0.2, -0.15) is 5.26 Å². The minimum absolute atomic E-state index is 0.435. The third-order valence-electron chi connectivity index (χ3n) is 2.75. The van der Waals surface area contributed by atoms with Crippen LogP contribution in [0.2, 0.25) is 5.02 Å². The molecule has 0 heterocycles. The van der Waals surface area contributed by atoms with Crippen molar-refractivity contribution in [3.63, 3.8) is 0 Å². The monoisotopic (exact) mass is 271 g/mol. The minimum atomic E-state index is 0.435. The molecule has 0 aliphatic rings. The summed E-state index contributed by atoms with van der Waals surface area (Å²) >= 11 is 5.85. The van der Waals surface area contributed by atoms with Gasteiger partial charge in [-0.15, -0.1) is 0 Å². The second-order valence-electron chi connectivity index (χ2n) is 4.25. The number of hydrogen-bond donors (Lipinski definition) is 0. The molecule has 96 valence electrons. The second-order valence-corrected chi connectivity index (χ2v) is 4.68. The van der Waals surface area contributed by atoms with E-state index in [2.05, 4.69) is 13.0 Å². The van der Waals surface area contributed by atoms with Crippen molar-refractivity contribution < 1.29 is 4.74 Å². The van der Waals surface area contributed by atoms with Crippen molar-refractivity contribution in [2.75, 3.05) is 0 Å². The first-order valence-electron chi connectivity index (χ1n) is 6.19. The van der Waals surface area contributed by atoms with E-state index in [0.29, 0.717) is 16.3 Å². The predicted octanol–water partition coefficient (Wildman–Crippen LogP) is 4.96. The molecule has 0 unspecified atom stereocenters. The highest BCUT2D eigenvalue weighted by atomic mass is 35.5. The average molecular weight is 272 g/mol. The van der Waals surface area contributed by atoms with Crippen LogP contribution in [0.3, 0.4) is 0 Å². The molecule has 3 heteroatoms. The normalized spacial score (nSPS) is 9.95. The van der Waals surface area contributed by atoms with Gasteiger partial charge in [0.05, 0.1) is 5.56 Å². The molecule has 19 heavy (non-hydrogen) atoms.